The van der Waals surface area contributed by atoms with E-state index < -0.39 is 5.41 Å². The molecule has 124 valence electrons. The molecule has 0 radical (unpaired) electrons. The fraction of sp³-hybridized carbons (Fsp3) is 0.136. The molecule has 0 spiro atoms. The maximum absolute atomic E-state index is 12.6. The molecule has 3 nitrogen and oxygen atoms in total. The average molecular weight is 329 g/mol. The van der Waals surface area contributed by atoms with E-state index in [2.05, 4.69) is 41.2 Å². The van der Waals surface area contributed by atoms with Gasteiger partial charge in [-0.05, 0) is 16.7 Å². The van der Waals surface area contributed by atoms with Crippen molar-refractivity contribution >= 4 is 5.97 Å². The van der Waals surface area contributed by atoms with E-state index in [1.54, 1.807) is 0 Å². The van der Waals surface area contributed by atoms with Crippen LogP contribution in [0.3, 0.4) is 0 Å². The SMILES string of the molecule is NOC(=O)[C@H]1[C@H](c2ccccc2)C1(c1ccccc1)c1ccccc1. The number of nitrogens with two attached hydrogens (primary N) is 1. The Hall–Kier alpha value is -2.91. The second-order valence-electron chi connectivity index (χ2n) is 6.40. The number of benzene rings is 3. The van der Waals surface area contributed by atoms with Crippen molar-refractivity contribution in [1.82, 2.24) is 0 Å². The van der Waals surface area contributed by atoms with Gasteiger partial charge in [0.05, 0.1) is 5.92 Å². The van der Waals surface area contributed by atoms with Crippen LogP contribution in [0.1, 0.15) is 22.6 Å². The Kier molecular flexibility index (Phi) is 3.86. The first-order valence-corrected chi connectivity index (χ1v) is 8.36. The number of carbonyl (C=O) groups is 1. The minimum Gasteiger partial charge on any atom is -0.373 e. The number of carbonyl (C=O) groups excluding carboxylic acids is 1. The maximum atomic E-state index is 12.6. The van der Waals surface area contributed by atoms with E-state index in [0.717, 1.165) is 16.7 Å². The molecule has 0 saturated heterocycles. The van der Waals surface area contributed by atoms with Gasteiger partial charge >= 0.3 is 5.97 Å². The summed E-state index contributed by atoms with van der Waals surface area (Å²) < 4.78 is 0. The average Bonchev–Trinajstić information content (AvgIpc) is 3.41. The molecule has 0 aromatic heterocycles. The van der Waals surface area contributed by atoms with Crippen LogP contribution in [0.5, 0.6) is 0 Å². The first-order valence-electron chi connectivity index (χ1n) is 8.36. The Morgan fingerprint density at radius 3 is 1.64 bits per heavy atom. The van der Waals surface area contributed by atoms with Crippen molar-refractivity contribution in [2.24, 2.45) is 11.8 Å². The predicted octanol–water partition coefficient (Wildman–Crippen LogP) is 3.80. The zero-order chi connectivity index (χ0) is 17.3. The fourth-order valence-electron chi connectivity index (χ4n) is 4.21. The molecule has 0 amide bonds. The summed E-state index contributed by atoms with van der Waals surface area (Å²) in [6.45, 7) is 0. The van der Waals surface area contributed by atoms with Crippen molar-refractivity contribution < 1.29 is 9.63 Å². The molecule has 3 aromatic carbocycles. The van der Waals surface area contributed by atoms with Crippen molar-refractivity contribution in [1.29, 1.82) is 0 Å². The highest BCUT2D eigenvalue weighted by Crippen LogP contribution is 2.69. The minimum absolute atomic E-state index is 0.00505. The molecule has 1 aliphatic rings. The van der Waals surface area contributed by atoms with Gasteiger partial charge in [0.2, 0.25) is 0 Å². The highest BCUT2D eigenvalue weighted by Gasteiger charge is 2.70. The van der Waals surface area contributed by atoms with Crippen molar-refractivity contribution in [3.63, 3.8) is 0 Å². The highest BCUT2D eigenvalue weighted by atomic mass is 16.7. The van der Waals surface area contributed by atoms with Gasteiger partial charge in [0.25, 0.3) is 0 Å². The van der Waals surface area contributed by atoms with Gasteiger partial charge < -0.3 is 4.84 Å². The molecular weight excluding hydrogens is 310 g/mol. The third-order valence-corrected chi connectivity index (χ3v) is 5.24. The highest BCUT2D eigenvalue weighted by molar-refractivity contribution is 5.84. The first kappa shape index (κ1) is 15.6. The summed E-state index contributed by atoms with van der Waals surface area (Å²) in [5.74, 6) is 4.56. The van der Waals surface area contributed by atoms with Gasteiger partial charge in [-0.3, -0.25) is 4.79 Å². The molecule has 3 aromatic rings. The van der Waals surface area contributed by atoms with Crippen LogP contribution in [0, 0.1) is 5.92 Å². The van der Waals surface area contributed by atoms with Crippen LogP contribution < -0.4 is 5.90 Å². The number of hydrogen-bond donors (Lipinski definition) is 1. The topological polar surface area (TPSA) is 52.3 Å². The lowest BCUT2D eigenvalue weighted by Crippen LogP contribution is -2.20. The van der Waals surface area contributed by atoms with E-state index in [9.17, 15) is 4.79 Å². The Labute approximate surface area is 147 Å². The molecule has 1 saturated carbocycles. The molecule has 1 fully saturated rings. The van der Waals surface area contributed by atoms with Crippen LogP contribution in [0.2, 0.25) is 0 Å². The molecule has 2 atom stereocenters. The maximum Gasteiger partial charge on any atom is 0.329 e. The third-order valence-electron chi connectivity index (χ3n) is 5.24. The quantitative estimate of drug-likeness (QED) is 0.741. The predicted molar refractivity (Wildman–Crippen MR) is 96.6 cm³/mol. The van der Waals surface area contributed by atoms with Gasteiger partial charge in [-0.1, -0.05) is 91.0 Å². The van der Waals surface area contributed by atoms with E-state index >= 15 is 0 Å². The summed E-state index contributed by atoms with van der Waals surface area (Å²) in [7, 11) is 0. The number of rotatable bonds is 4. The molecule has 1 aliphatic carbocycles. The normalized spacial score (nSPS) is 20.7. The lowest BCUT2D eigenvalue weighted by molar-refractivity contribution is -0.146. The third kappa shape index (κ3) is 2.36. The van der Waals surface area contributed by atoms with E-state index in [0.29, 0.717) is 0 Å². The van der Waals surface area contributed by atoms with Crippen molar-refractivity contribution in [2.45, 2.75) is 11.3 Å². The number of hydrogen-bond acceptors (Lipinski definition) is 3. The van der Waals surface area contributed by atoms with Gasteiger partial charge in [-0.15, -0.1) is 0 Å². The van der Waals surface area contributed by atoms with E-state index in [-0.39, 0.29) is 17.8 Å². The van der Waals surface area contributed by atoms with Gasteiger partial charge in [-0.25, -0.2) is 0 Å². The minimum atomic E-state index is -0.458. The zero-order valence-electron chi connectivity index (χ0n) is 13.7. The van der Waals surface area contributed by atoms with Gasteiger partial charge in [-0.2, -0.15) is 5.90 Å². The van der Waals surface area contributed by atoms with Crippen LogP contribution in [-0.2, 0) is 15.0 Å². The second-order valence-corrected chi connectivity index (χ2v) is 6.40. The molecule has 0 aliphatic heterocycles. The lowest BCUT2D eigenvalue weighted by atomic mass is 9.83. The molecule has 2 N–H and O–H groups in total. The Bertz CT molecular complexity index is 823. The molecule has 0 heterocycles. The monoisotopic (exact) mass is 329 g/mol. The summed E-state index contributed by atoms with van der Waals surface area (Å²) in [6, 6.07) is 30.4. The lowest BCUT2D eigenvalue weighted by Gasteiger charge is -2.20. The molecule has 0 bridgehead atoms. The molecule has 0 unspecified atom stereocenters. The Morgan fingerprint density at radius 1 is 0.760 bits per heavy atom. The van der Waals surface area contributed by atoms with E-state index in [1.165, 1.54) is 0 Å². The van der Waals surface area contributed by atoms with Crippen molar-refractivity contribution in [3.8, 4) is 0 Å². The smallest absolute Gasteiger partial charge is 0.329 e. The summed E-state index contributed by atoms with van der Waals surface area (Å²) in [4.78, 5) is 17.3. The summed E-state index contributed by atoms with van der Waals surface area (Å²) in [5, 5.41) is 0. The molecular formula is C22H19NO2. The van der Waals surface area contributed by atoms with Gasteiger partial charge in [0.1, 0.15) is 0 Å². The van der Waals surface area contributed by atoms with E-state index in [1.807, 2.05) is 54.6 Å². The second kappa shape index (κ2) is 6.19. The van der Waals surface area contributed by atoms with Crippen LogP contribution in [-0.4, -0.2) is 5.97 Å². The summed E-state index contributed by atoms with van der Waals surface area (Å²) >= 11 is 0. The first-order chi connectivity index (χ1) is 12.3. The van der Waals surface area contributed by atoms with Crippen LogP contribution in [0.15, 0.2) is 91.0 Å². The molecule has 25 heavy (non-hydrogen) atoms. The fourth-order valence-corrected chi connectivity index (χ4v) is 4.21. The van der Waals surface area contributed by atoms with Crippen LogP contribution in [0.25, 0.3) is 0 Å². The van der Waals surface area contributed by atoms with Crippen molar-refractivity contribution in [2.75, 3.05) is 0 Å². The molecule has 4 rings (SSSR count). The largest absolute Gasteiger partial charge is 0.373 e. The summed E-state index contributed by atoms with van der Waals surface area (Å²) in [5.41, 5.74) is 2.86. The zero-order valence-corrected chi connectivity index (χ0v) is 13.7. The van der Waals surface area contributed by atoms with Gasteiger partial charge in [0.15, 0.2) is 0 Å². The molecule has 3 heteroatoms. The standard InChI is InChI=1S/C22H19NO2/c23-25-21(24)20-19(16-10-4-1-5-11-16)22(20,17-12-6-2-7-13-17)18-14-8-3-9-15-18/h1-15,19-20H,23H2/t19-,20+/m0/s1. The Balaban J connectivity index is 1.95. The Morgan fingerprint density at radius 2 is 1.20 bits per heavy atom. The van der Waals surface area contributed by atoms with Gasteiger partial charge in [0, 0.05) is 11.3 Å². The van der Waals surface area contributed by atoms with E-state index in [4.69, 9.17) is 5.90 Å². The van der Waals surface area contributed by atoms with Crippen molar-refractivity contribution in [3.05, 3.63) is 108 Å². The van der Waals surface area contributed by atoms with Crippen LogP contribution >= 0.6 is 0 Å². The van der Waals surface area contributed by atoms with Crippen LogP contribution in [0.4, 0.5) is 0 Å². The summed E-state index contributed by atoms with van der Waals surface area (Å²) in [6.07, 6.45) is 0.